The normalized spacial score (nSPS) is 9.43. The lowest BCUT2D eigenvalue weighted by Crippen LogP contribution is -2.09. The molecule has 0 amide bonds. The Hall–Kier alpha value is 0.620. The summed E-state index contributed by atoms with van der Waals surface area (Å²) in [7, 11) is 0. The van der Waals surface area contributed by atoms with Crippen LogP contribution in [0.2, 0.25) is 0 Å². The molecular formula is C3H10N2S2. The molecule has 0 aliphatic heterocycles. The second-order valence-electron chi connectivity index (χ2n) is 1.17. The third kappa shape index (κ3) is 6.62. The molecule has 0 aromatic carbocycles. The fraction of sp³-hybridized carbons (Fsp3) is 1.00. The summed E-state index contributed by atoms with van der Waals surface area (Å²) in [5.74, 6) is 0. The zero-order chi connectivity index (χ0) is 5.54. The molecule has 0 aliphatic rings. The summed E-state index contributed by atoms with van der Waals surface area (Å²) in [5, 5.41) is 0. The molecule has 0 spiro atoms. The Kier molecular flexibility index (Phi) is 7.21. The summed E-state index contributed by atoms with van der Waals surface area (Å²) in [5.41, 5.74) is 0. The molecule has 2 nitrogen and oxygen atoms in total. The van der Waals surface area contributed by atoms with Crippen LogP contribution >= 0.6 is 25.6 Å². The van der Waals surface area contributed by atoms with Gasteiger partial charge in [-0.15, -0.1) is 0 Å². The Bertz CT molecular complexity index is 30.1. The van der Waals surface area contributed by atoms with Gasteiger partial charge in [0, 0.05) is 13.1 Å². The van der Waals surface area contributed by atoms with Crippen LogP contribution < -0.4 is 9.44 Å². The molecular weight excluding hydrogens is 128 g/mol. The predicted molar refractivity (Wildman–Crippen MR) is 38.6 cm³/mol. The molecule has 0 aliphatic carbocycles. The lowest BCUT2D eigenvalue weighted by molar-refractivity contribution is 0.785. The van der Waals surface area contributed by atoms with Crippen LogP contribution in [-0.4, -0.2) is 13.1 Å². The molecule has 0 heterocycles. The van der Waals surface area contributed by atoms with Crippen molar-refractivity contribution < 1.29 is 0 Å². The van der Waals surface area contributed by atoms with Crippen molar-refractivity contribution in [3.05, 3.63) is 0 Å². The van der Waals surface area contributed by atoms with Gasteiger partial charge in [-0.3, -0.25) is 9.44 Å². The average Bonchev–Trinajstić information content (AvgIpc) is 1.69. The van der Waals surface area contributed by atoms with Crippen LogP contribution in [0.5, 0.6) is 0 Å². The molecule has 0 aromatic heterocycles. The van der Waals surface area contributed by atoms with Gasteiger partial charge in [0.05, 0.1) is 0 Å². The zero-order valence-corrected chi connectivity index (χ0v) is 5.80. The smallest absolute Gasteiger partial charge is 0.00686 e. The Labute approximate surface area is 55.1 Å². The highest BCUT2D eigenvalue weighted by Crippen LogP contribution is 1.73. The van der Waals surface area contributed by atoms with Gasteiger partial charge in [0.15, 0.2) is 0 Å². The Morgan fingerprint density at radius 3 is 1.71 bits per heavy atom. The summed E-state index contributed by atoms with van der Waals surface area (Å²) in [4.78, 5) is 0. The first kappa shape index (κ1) is 7.62. The van der Waals surface area contributed by atoms with Crippen LogP contribution in [0.3, 0.4) is 0 Å². The van der Waals surface area contributed by atoms with Gasteiger partial charge in [-0.05, 0) is 6.42 Å². The van der Waals surface area contributed by atoms with Gasteiger partial charge >= 0.3 is 0 Å². The third-order valence-electron chi connectivity index (χ3n) is 0.577. The molecule has 0 bridgehead atoms. The van der Waals surface area contributed by atoms with E-state index in [0.717, 1.165) is 19.5 Å². The van der Waals surface area contributed by atoms with Crippen molar-refractivity contribution in [2.24, 2.45) is 0 Å². The van der Waals surface area contributed by atoms with Crippen LogP contribution in [0.15, 0.2) is 0 Å². The SMILES string of the molecule is SNCCCNS. The molecule has 4 heteroatoms. The molecule has 7 heavy (non-hydrogen) atoms. The summed E-state index contributed by atoms with van der Waals surface area (Å²) >= 11 is 7.58. The van der Waals surface area contributed by atoms with Gasteiger partial charge in [0.1, 0.15) is 0 Å². The quantitative estimate of drug-likeness (QED) is 0.330. The van der Waals surface area contributed by atoms with E-state index < -0.39 is 0 Å². The van der Waals surface area contributed by atoms with Crippen LogP contribution in [0.25, 0.3) is 0 Å². The van der Waals surface area contributed by atoms with Crippen molar-refractivity contribution in [3.63, 3.8) is 0 Å². The van der Waals surface area contributed by atoms with Crippen LogP contribution in [0, 0.1) is 0 Å². The highest BCUT2D eigenvalue weighted by atomic mass is 32.1. The van der Waals surface area contributed by atoms with E-state index in [2.05, 4.69) is 35.1 Å². The van der Waals surface area contributed by atoms with Crippen molar-refractivity contribution in [1.29, 1.82) is 0 Å². The Balaban J connectivity index is 2.45. The van der Waals surface area contributed by atoms with E-state index in [0.29, 0.717) is 0 Å². The molecule has 0 unspecified atom stereocenters. The largest absolute Gasteiger partial charge is 0.267 e. The summed E-state index contributed by atoms with van der Waals surface area (Å²) in [6.07, 6.45) is 1.06. The summed E-state index contributed by atoms with van der Waals surface area (Å²) in [6.45, 7) is 1.85. The molecule has 0 saturated heterocycles. The molecule has 44 valence electrons. The van der Waals surface area contributed by atoms with Crippen molar-refractivity contribution in [1.82, 2.24) is 9.44 Å². The van der Waals surface area contributed by atoms with Gasteiger partial charge in [-0.1, -0.05) is 25.6 Å². The van der Waals surface area contributed by atoms with Gasteiger partial charge in [-0.2, -0.15) is 0 Å². The minimum absolute atomic E-state index is 0.927. The maximum Gasteiger partial charge on any atom is 0.00686 e. The topological polar surface area (TPSA) is 24.1 Å². The first-order chi connectivity index (χ1) is 3.41. The molecule has 0 aromatic rings. The van der Waals surface area contributed by atoms with Crippen molar-refractivity contribution in [3.8, 4) is 0 Å². The fourth-order valence-electron chi connectivity index (χ4n) is 0.247. The minimum Gasteiger partial charge on any atom is -0.267 e. The fourth-order valence-corrected chi connectivity index (χ4v) is 0.563. The average molecular weight is 138 g/mol. The van der Waals surface area contributed by atoms with E-state index in [1.54, 1.807) is 0 Å². The van der Waals surface area contributed by atoms with Crippen molar-refractivity contribution in [2.45, 2.75) is 6.42 Å². The zero-order valence-electron chi connectivity index (χ0n) is 4.02. The summed E-state index contributed by atoms with van der Waals surface area (Å²) in [6, 6.07) is 0. The van der Waals surface area contributed by atoms with Crippen LogP contribution in [0.4, 0.5) is 0 Å². The number of nitrogens with one attached hydrogen (secondary N) is 2. The molecule has 0 atom stereocenters. The van der Waals surface area contributed by atoms with Gasteiger partial charge in [0.2, 0.25) is 0 Å². The lowest BCUT2D eigenvalue weighted by atomic mass is 10.4. The number of rotatable bonds is 4. The van der Waals surface area contributed by atoms with Gasteiger partial charge in [-0.25, -0.2) is 0 Å². The highest BCUT2D eigenvalue weighted by molar-refractivity contribution is 7.78. The van der Waals surface area contributed by atoms with E-state index in [1.165, 1.54) is 0 Å². The predicted octanol–water partition coefficient (Wildman–Crippen LogP) is 0.245. The molecule has 0 fully saturated rings. The Morgan fingerprint density at radius 1 is 1.00 bits per heavy atom. The van der Waals surface area contributed by atoms with E-state index in [4.69, 9.17) is 0 Å². The van der Waals surface area contributed by atoms with Crippen LogP contribution in [-0.2, 0) is 0 Å². The first-order valence-corrected chi connectivity index (χ1v) is 3.05. The maximum absolute atomic E-state index is 3.79. The van der Waals surface area contributed by atoms with E-state index in [9.17, 15) is 0 Å². The minimum atomic E-state index is 0.927. The number of hydrogen-bond acceptors (Lipinski definition) is 4. The van der Waals surface area contributed by atoms with Crippen molar-refractivity contribution >= 4 is 25.6 Å². The molecule has 0 saturated carbocycles. The second kappa shape index (κ2) is 6.62. The number of thiol groups is 2. The standard InChI is InChI=1S/C3H10N2S2/c6-4-2-1-3-5-7/h4-7H,1-3H2. The van der Waals surface area contributed by atoms with Gasteiger partial charge < -0.3 is 0 Å². The Morgan fingerprint density at radius 2 is 1.43 bits per heavy atom. The summed E-state index contributed by atoms with van der Waals surface area (Å²) < 4.78 is 5.45. The highest BCUT2D eigenvalue weighted by Gasteiger charge is 1.78. The first-order valence-electron chi connectivity index (χ1n) is 2.15. The molecule has 2 N–H and O–H groups in total. The third-order valence-corrected chi connectivity index (χ3v) is 1.02. The van der Waals surface area contributed by atoms with Gasteiger partial charge in [0.25, 0.3) is 0 Å². The maximum atomic E-state index is 3.79. The van der Waals surface area contributed by atoms with E-state index in [1.807, 2.05) is 0 Å². The van der Waals surface area contributed by atoms with Crippen molar-refractivity contribution in [2.75, 3.05) is 13.1 Å². The second-order valence-corrected chi connectivity index (χ2v) is 1.80. The monoisotopic (exact) mass is 138 g/mol. The molecule has 0 rings (SSSR count). The molecule has 0 radical (unpaired) electrons. The van der Waals surface area contributed by atoms with Crippen LogP contribution in [0.1, 0.15) is 6.42 Å². The lowest BCUT2D eigenvalue weighted by Gasteiger charge is -1.93. The van der Waals surface area contributed by atoms with E-state index >= 15 is 0 Å². The number of hydrogen-bond donors (Lipinski definition) is 4. The van der Waals surface area contributed by atoms with E-state index in [-0.39, 0.29) is 0 Å².